The molecule has 1 aliphatic rings. The first kappa shape index (κ1) is 16.4. The molecular formula is C10H13N5NaO5. The third-order valence-corrected chi connectivity index (χ3v) is 3.32. The second kappa shape index (κ2) is 6.01. The van der Waals surface area contributed by atoms with Crippen molar-refractivity contribution < 1.29 is 24.8 Å². The second-order valence-corrected chi connectivity index (χ2v) is 4.51. The summed E-state index contributed by atoms with van der Waals surface area (Å²) in [4.78, 5) is 7.85. The summed E-state index contributed by atoms with van der Waals surface area (Å²) in [6.07, 6.45) is -2.09. The van der Waals surface area contributed by atoms with Crippen molar-refractivity contribution in [3.8, 4) is 0 Å². The van der Waals surface area contributed by atoms with E-state index in [1.165, 1.54) is 10.9 Å². The zero-order chi connectivity index (χ0) is 14.4. The molecule has 1 aliphatic heterocycles. The molecule has 0 aromatic carbocycles. The minimum Gasteiger partial charge on any atom is -0.740 e. The Labute approximate surface area is 140 Å². The predicted molar refractivity (Wildman–Crippen MR) is 69.7 cm³/mol. The smallest absolute Gasteiger partial charge is 0.251 e. The van der Waals surface area contributed by atoms with E-state index in [0.29, 0.717) is 4.73 Å². The summed E-state index contributed by atoms with van der Waals surface area (Å²) in [5.41, 5.74) is 5.99. The van der Waals surface area contributed by atoms with Crippen molar-refractivity contribution in [2.45, 2.75) is 24.5 Å². The number of ether oxygens (including phenoxy) is 1. The van der Waals surface area contributed by atoms with E-state index in [2.05, 4.69) is 9.97 Å². The summed E-state index contributed by atoms with van der Waals surface area (Å²) in [5.74, 6) is -0.125. The molecule has 3 rings (SSSR count). The molecule has 0 amide bonds. The molecule has 1 saturated heterocycles. The molecule has 1 radical (unpaired) electrons. The van der Waals surface area contributed by atoms with Gasteiger partial charge < -0.3 is 31.0 Å². The van der Waals surface area contributed by atoms with E-state index in [1.807, 2.05) is 0 Å². The van der Waals surface area contributed by atoms with Crippen molar-refractivity contribution in [3.05, 3.63) is 17.9 Å². The van der Waals surface area contributed by atoms with Gasteiger partial charge in [0.1, 0.15) is 24.6 Å². The molecule has 0 saturated carbocycles. The Morgan fingerprint density at radius 2 is 2.10 bits per heavy atom. The Morgan fingerprint density at radius 3 is 2.71 bits per heavy atom. The number of aromatic nitrogens is 4. The average Bonchev–Trinajstić information content (AvgIpc) is 2.98. The van der Waals surface area contributed by atoms with E-state index in [9.17, 15) is 15.4 Å². The van der Waals surface area contributed by atoms with E-state index in [-0.39, 0.29) is 46.5 Å². The second-order valence-electron chi connectivity index (χ2n) is 4.51. The number of nitrogens with two attached hydrogens (primary N) is 1. The normalized spacial score (nSPS) is 28.7. The van der Waals surface area contributed by atoms with Crippen LogP contribution in [-0.2, 0) is 4.74 Å². The van der Waals surface area contributed by atoms with Crippen molar-refractivity contribution >= 4 is 46.5 Å². The summed E-state index contributed by atoms with van der Waals surface area (Å²) in [7, 11) is 0. The van der Waals surface area contributed by atoms with Gasteiger partial charge in [0.2, 0.25) is 12.0 Å². The number of nitrogens with zero attached hydrogens (tertiary/aromatic N) is 4. The van der Waals surface area contributed by atoms with E-state index in [0.717, 1.165) is 6.33 Å². The van der Waals surface area contributed by atoms with Crippen LogP contribution >= 0.6 is 0 Å². The SMILES string of the molecule is Nc1c2ncn([C@@H]3O[C@H](CO)[C@@H](O)[C@H]3O)c2nc[n+]1[O-].[Na]. The summed E-state index contributed by atoms with van der Waals surface area (Å²) >= 11 is 0. The Balaban J connectivity index is 0.00000161. The van der Waals surface area contributed by atoms with Crippen LogP contribution in [0.15, 0.2) is 12.7 Å². The Bertz CT molecular complexity index is 652. The average molecular weight is 306 g/mol. The monoisotopic (exact) mass is 306 g/mol. The van der Waals surface area contributed by atoms with Gasteiger partial charge in [-0.2, -0.15) is 0 Å². The molecule has 5 N–H and O–H groups in total. The van der Waals surface area contributed by atoms with Gasteiger partial charge in [-0.1, -0.05) is 4.98 Å². The molecule has 0 unspecified atom stereocenters. The molecule has 3 heterocycles. The number of rotatable bonds is 2. The van der Waals surface area contributed by atoms with Crippen LogP contribution in [-0.4, -0.2) is 84.3 Å². The van der Waals surface area contributed by atoms with Gasteiger partial charge in [-0.25, -0.2) is 9.71 Å². The van der Waals surface area contributed by atoms with Gasteiger partial charge in [0.05, 0.1) is 6.61 Å². The summed E-state index contributed by atoms with van der Waals surface area (Å²) in [6, 6.07) is 0. The van der Waals surface area contributed by atoms with E-state index in [1.54, 1.807) is 0 Å². The number of imidazole rings is 1. The molecule has 1 fully saturated rings. The molecule has 0 spiro atoms. The van der Waals surface area contributed by atoms with Crippen LogP contribution in [0, 0.1) is 5.21 Å². The minimum atomic E-state index is -1.26. The molecule has 2 aromatic rings. The first-order valence-electron chi connectivity index (χ1n) is 5.87. The zero-order valence-electron chi connectivity index (χ0n) is 11.2. The first-order chi connectivity index (χ1) is 9.54. The fourth-order valence-electron chi connectivity index (χ4n) is 2.23. The number of hydrogen-bond donors (Lipinski definition) is 4. The van der Waals surface area contributed by atoms with Gasteiger partial charge in [0.15, 0.2) is 11.7 Å². The summed E-state index contributed by atoms with van der Waals surface area (Å²) < 4.78 is 7.09. The quantitative estimate of drug-likeness (QED) is 0.258. The summed E-state index contributed by atoms with van der Waals surface area (Å²) in [6.45, 7) is -0.433. The van der Waals surface area contributed by atoms with Gasteiger partial charge in [-0.05, 0) is 0 Å². The van der Waals surface area contributed by atoms with Crippen LogP contribution in [0.1, 0.15) is 6.23 Å². The van der Waals surface area contributed by atoms with Crippen LogP contribution in [0.25, 0.3) is 11.2 Å². The van der Waals surface area contributed by atoms with Gasteiger partial charge in [-0.15, -0.1) is 0 Å². The van der Waals surface area contributed by atoms with Crippen LogP contribution in [0.5, 0.6) is 0 Å². The molecule has 10 nitrogen and oxygen atoms in total. The van der Waals surface area contributed by atoms with Crippen LogP contribution in [0.2, 0.25) is 0 Å². The number of aliphatic hydroxyl groups is 3. The van der Waals surface area contributed by atoms with Gasteiger partial charge in [-0.3, -0.25) is 4.57 Å². The Kier molecular flexibility index (Phi) is 4.68. The molecule has 0 bridgehead atoms. The first-order valence-corrected chi connectivity index (χ1v) is 5.87. The molecular weight excluding hydrogens is 293 g/mol. The van der Waals surface area contributed by atoms with Crippen molar-refractivity contribution in [2.75, 3.05) is 12.3 Å². The van der Waals surface area contributed by atoms with Crippen molar-refractivity contribution in [1.29, 1.82) is 0 Å². The fraction of sp³-hybridized carbons (Fsp3) is 0.500. The number of aliphatic hydroxyl groups excluding tert-OH is 3. The fourth-order valence-corrected chi connectivity index (χ4v) is 2.23. The number of nitrogen functional groups attached to an aromatic ring is 1. The zero-order valence-corrected chi connectivity index (χ0v) is 13.2. The third-order valence-electron chi connectivity index (χ3n) is 3.32. The van der Waals surface area contributed by atoms with Gasteiger partial charge >= 0.3 is 0 Å². The molecule has 21 heavy (non-hydrogen) atoms. The van der Waals surface area contributed by atoms with Crippen LogP contribution < -0.4 is 10.5 Å². The number of hydrogen-bond acceptors (Lipinski definition) is 8. The minimum absolute atomic E-state index is 0. The molecule has 11 heteroatoms. The topological polar surface area (TPSA) is 154 Å². The van der Waals surface area contributed by atoms with Gasteiger partial charge in [0.25, 0.3) is 5.82 Å². The third kappa shape index (κ3) is 2.48. The number of fused-ring (bicyclic) bond motifs is 1. The predicted octanol–water partition coefficient (Wildman–Crippen LogP) is -3.12. The standard InChI is InChI=1S/C10H13N5O5.Na/c11-8-5-9(13-3-15(8)19)14(2-12-5)10-7(18)6(17)4(1-16)20-10;/h2-4,6-7,10,16-18H,1,11H2;/t4-,6-,7-,10-;/m1./s1. The van der Waals surface area contributed by atoms with Crippen molar-refractivity contribution in [1.82, 2.24) is 14.5 Å². The van der Waals surface area contributed by atoms with E-state index in [4.69, 9.17) is 15.6 Å². The van der Waals surface area contributed by atoms with Crippen molar-refractivity contribution in [3.63, 3.8) is 0 Å². The number of anilines is 1. The Morgan fingerprint density at radius 1 is 1.38 bits per heavy atom. The van der Waals surface area contributed by atoms with Gasteiger partial charge in [0, 0.05) is 29.6 Å². The largest absolute Gasteiger partial charge is 0.740 e. The van der Waals surface area contributed by atoms with E-state index >= 15 is 0 Å². The Hall–Kier alpha value is -1.01. The van der Waals surface area contributed by atoms with Crippen LogP contribution in [0.3, 0.4) is 0 Å². The van der Waals surface area contributed by atoms with Crippen molar-refractivity contribution in [2.24, 2.45) is 0 Å². The maximum absolute atomic E-state index is 11.3. The molecule has 2 aromatic heterocycles. The maximum atomic E-state index is 11.3. The molecule has 109 valence electrons. The van der Waals surface area contributed by atoms with Crippen LogP contribution in [0.4, 0.5) is 5.82 Å². The maximum Gasteiger partial charge on any atom is 0.251 e. The molecule has 0 aliphatic carbocycles. The summed E-state index contributed by atoms with van der Waals surface area (Å²) in [5, 5.41) is 40.0. The molecule has 4 atom stereocenters. The van der Waals surface area contributed by atoms with E-state index < -0.39 is 31.1 Å².